The molecular weight excluding hydrogens is 248 g/mol. The Morgan fingerprint density at radius 1 is 1.59 bits per heavy atom. The van der Waals surface area contributed by atoms with E-state index in [-0.39, 0.29) is 6.54 Å². The summed E-state index contributed by atoms with van der Waals surface area (Å²) in [4.78, 5) is 17.6. The number of rotatable bonds is 5. The van der Waals surface area contributed by atoms with Gasteiger partial charge in [0, 0.05) is 12.4 Å². The third-order valence-corrected chi connectivity index (χ3v) is 2.50. The van der Waals surface area contributed by atoms with Crippen molar-refractivity contribution in [3.63, 3.8) is 0 Å². The van der Waals surface area contributed by atoms with E-state index in [0.29, 0.717) is 5.82 Å². The molecule has 1 amide bonds. The second kappa shape index (κ2) is 5.64. The maximum atomic E-state index is 11.4. The minimum Gasteiger partial charge on any atom is -0.446 e. The van der Waals surface area contributed by atoms with Gasteiger partial charge in [-0.1, -0.05) is 0 Å². The quantitative estimate of drug-likeness (QED) is 0.684. The number of aromatic nitrogens is 2. The van der Waals surface area contributed by atoms with Gasteiger partial charge in [0.2, 0.25) is 0 Å². The third-order valence-electron chi connectivity index (χ3n) is 1.54. The Balaban J connectivity index is 2.43. The van der Waals surface area contributed by atoms with E-state index in [1.165, 1.54) is 6.20 Å². The molecule has 3 N–H and O–H groups in total. The molecule has 0 atom stereocenters. The average Bonchev–Trinajstić information content (AvgIpc) is 2.64. The molecule has 96 valence electrons. The number of nitrogens with zero attached hydrogens (tertiary/aromatic N) is 1. The predicted molar refractivity (Wildman–Crippen MR) is 59.1 cm³/mol. The van der Waals surface area contributed by atoms with Crippen LogP contribution in [0.25, 0.3) is 0 Å². The monoisotopic (exact) mass is 262 g/mol. The summed E-state index contributed by atoms with van der Waals surface area (Å²) < 4.78 is 31.2. The minimum absolute atomic E-state index is 0.0444. The summed E-state index contributed by atoms with van der Waals surface area (Å²) in [6.45, 7) is 3.18. The van der Waals surface area contributed by atoms with E-state index in [2.05, 4.69) is 19.4 Å². The predicted octanol–water partition coefficient (Wildman–Crippen LogP) is -0.121. The molecule has 1 aromatic rings. The molecule has 0 unspecified atom stereocenters. The van der Waals surface area contributed by atoms with Gasteiger partial charge in [-0.05, 0) is 13.8 Å². The Bertz CT molecular complexity index is 454. The van der Waals surface area contributed by atoms with Crippen molar-refractivity contribution in [2.45, 2.75) is 26.5 Å². The zero-order valence-corrected chi connectivity index (χ0v) is 10.2. The van der Waals surface area contributed by atoms with E-state index < -0.39 is 22.4 Å². The van der Waals surface area contributed by atoms with Crippen molar-refractivity contribution >= 4 is 16.3 Å². The van der Waals surface area contributed by atoms with Gasteiger partial charge in [0.15, 0.2) is 0 Å². The molecule has 8 nitrogen and oxygen atoms in total. The maximum absolute atomic E-state index is 11.4. The second-order valence-corrected chi connectivity index (χ2v) is 4.92. The highest BCUT2D eigenvalue weighted by molar-refractivity contribution is 7.88. The zero-order valence-electron chi connectivity index (χ0n) is 9.43. The second-order valence-electron chi connectivity index (χ2n) is 3.42. The van der Waals surface area contributed by atoms with Gasteiger partial charge in [0.25, 0.3) is 0 Å². The Kier molecular flexibility index (Phi) is 4.46. The molecule has 1 aromatic heterocycles. The topological polar surface area (TPSA) is 113 Å². The lowest BCUT2D eigenvalue weighted by atomic mass is 10.5. The summed E-state index contributed by atoms with van der Waals surface area (Å²) in [6, 6.07) is 0. The van der Waals surface area contributed by atoms with Crippen molar-refractivity contribution in [1.29, 1.82) is 0 Å². The molecule has 0 aromatic carbocycles. The molecule has 0 fully saturated rings. The van der Waals surface area contributed by atoms with Crippen molar-refractivity contribution in [3.05, 3.63) is 18.2 Å². The summed E-state index contributed by atoms with van der Waals surface area (Å²) in [5.41, 5.74) is 0. The molecule has 0 bridgehead atoms. The highest BCUT2D eigenvalue weighted by Gasteiger charge is 2.16. The van der Waals surface area contributed by atoms with Crippen LogP contribution in [0.5, 0.6) is 0 Å². The Morgan fingerprint density at radius 2 is 2.29 bits per heavy atom. The molecule has 0 aliphatic rings. The molecule has 0 radical (unpaired) electrons. The molecule has 0 aliphatic heterocycles. The smallest absolute Gasteiger partial charge is 0.422 e. The van der Waals surface area contributed by atoms with Crippen LogP contribution >= 0.6 is 0 Å². The number of hydrogen-bond acceptors (Lipinski definition) is 5. The number of aromatic amines is 1. The minimum atomic E-state index is -3.94. The van der Waals surface area contributed by atoms with E-state index in [9.17, 15) is 13.2 Å². The highest BCUT2D eigenvalue weighted by atomic mass is 32.2. The van der Waals surface area contributed by atoms with E-state index in [1.54, 1.807) is 24.8 Å². The van der Waals surface area contributed by atoms with Crippen LogP contribution in [-0.2, 0) is 21.5 Å². The number of imidazole rings is 1. The fourth-order valence-electron chi connectivity index (χ4n) is 0.942. The van der Waals surface area contributed by atoms with Gasteiger partial charge in [-0.15, -0.1) is 0 Å². The standard InChI is InChI=1S/C8H14N4O4S/c1-6(2)16-8(13)12-17(14,15)11-5-7-9-3-4-10-7/h3-4,6,11H,5H2,1-2H3,(H,9,10)(H,12,13). The number of hydrogen-bond donors (Lipinski definition) is 3. The van der Waals surface area contributed by atoms with Gasteiger partial charge in [-0.3, -0.25) is 0 Å². The third kappa shape index (κ3) is 5.31. The fraction of sp³-hybridized carbons (Fsp3) is 0.500. The van der Waals surface area contributed by atoms with Crippen LogP contribution in [0.2, 0.25) is 0 Å². The summed E-state index contributed by atoms with van der Waals surface area (Å²) in [5.74, 6) is 0.438. The van der Waals surface area contributed by atoms with Crippen molar-refractivity contribution in [1.82, 2.24) is 19.4 Å². The lowest BCUT2D eigenvalue weighted by Gasteiger charge is -2.10. The van der Waals surface area contributed by atoms with Crippen LogP contribution in [0.1, 0.15) is 19.7 Å². The first-order chi connectivity index (χ1) is 7.89. The van der Waals surface area contributed by atoms with Gasteiger partial charge >= 0.3 is 16.3 Å². The number of nitrogens with one attached hydrogen (secondary N) is 3. The lowest BCUT2D eigenvalue weighted by Crippen LogP contribution is -2.41. The lowest BCUT2D eigenvalue weighted by molar-refractivity contribution is 0.121. The molecule has 1 heterocycles. The zero-order chi connectivity index (χ0) is 12.9. The average molecular weight is 262 g/mol. The first-order valence-electron chi connectivity index (χ1n) is 4.85. The molecule has 0 spiro atoms. The molecule has 0 aliphatic carbocycles. The van der Waals surface area contributed by atoms with Crippen molar-refractivity contribution < 1.29 is 17.9 Å². The van der Waals surface area contributed by atoms with Crippen LogP contribution in [0.15, 0.2) is 12.4 Å². The van der Waals surface area contributed by atoms with Crippen LogP contribution in [-0.4, -0.2) is 30.6 Å². The first-order valence-corrected chi connectivity index (χ1v) is 6.33. The number of H-pyrrole nitrogens is 1. The summed E-state index contributed by atoms with van der Waals surface area (Å²) in [5, 5.41) is 0. The highest BCUT2D eigenvalue weighted by Crippen LogP contribution is 1.92. The molecule has 17 heavy (non-hydrogen) atoms. The van der Waals surface area contributed by atoms with E-state index in [1.807, 2.05) is 0 Å². The molecule has 1 rings (SSSR count). The number of carbonyl (C=O) groups excluding carboxylic acids is 1. The fourth-order valence-corrected chi connectivity index (χ4v) is 1.61. The van der Waals surface area contributed by atoms with Crippen molar-refractivity contribution in [3.8, 4) is 0 Å². The van der Waals surface area contributed by atoms with Crippen molar-refractivity contribution in [2.75, 3.05) is 0 Å². The maximum Gasteiger partial charge on any atom is 0.422 e. The number of amides is 1. The Morgan fingerprint density at radius 3 is 2.82 bits per heavy atom. The molecule has 0 saturated carbocycles. The van der Waals surface area contributed by atoms with Gasteiger partial charge < -0.3 is 9.72 Å². The number of carbonyl (C=O) groups is 1. The number of ether oxygens (including phenoxy) is 1. The van der Waals surface area contributed by atoms with Gasteiger partial charge in [-0.25, -0.2) is 14.5 Å². The largest absolute Gasteiger partial charge is 0.446 e. The normalized spacial score (nSPS) is 11.5. The SMILES string of the molecule is CC(C)OC(=O)NS(=O)(=O)NCc1ncc[nH]1. The Labute approximate surface area is 99.0 Å². The van der Waals surface area contributed by atoms with Crippen molar-refractivity contribution in [2.24, 2.45) is 0 Å². The van der Waals surface area contributed by atoms with E-state index >= 15 is 0 Å². The van der Waals surface area contributed by atoms with Gasteiger partial charge in [0.05, 0.1) is 12.6 Å². The van der Waals surface area contributed by atoms with Crippen LogP contribution in [0.4, 0.5) is 4.79 Å². The summed E-state index contributed by atoms with van der Waals surface area (Å²) >= 11 is 0. The molecule has 0 saturated heterocycles. The van der Waals surface area contributed by atoms with Gasteiger partial charge in [0.1, 0.15) is 5.82 Å². The van der Waals surface area contributed by atoms with Crippen LogP contribution in [0.3, 0.4) is 0 Å². The van der Waals surface area contributed by atoms with Crippen LogP contribution in [0, 0.1) is 0 Å². The van der Waals surface area contributed by atoms with Gasteiger partial charge in [-0.2, -0.15) is 13.1 Å². The van der Waals surface area contributed by atoms with E-state index in [4.69, 9.17) is 0 Å². The Hall–Kier alpha value is -1.61. The summed E-state index contributed by atoms with van der Waals surface area (Å²) in [7, 11) is -3.94. The molecular formula is C8H14N4O4S. The van der Waals surface area contributed by atoms with Crippen LogP contribution < -0.4 is 9.44 Å². The molecule has 9 heteroatoms. The summed E-state index contributed by atoms with van der Waals surface area (Å²) in [6.07, 6.45) is 1.64. The first kappa shape index (κ1) is 13.5. The van der Waals surface area contributed by atoms with E-state index in [0.717, 1.165) is 0 Å².